The van der Waals surface area contributed by atoms with Gasteiger partial charge in [0, 0.05) is 13.1 Å². The number of benzene rings is 1. The Morgan fingerprint density at radius 1 is 1.07 bits per heavy atom. The monoisotopic (exact) mass is 443 g/mol. The highest BCUT2D eigenvalue weighted by Gasteiger charge is 2.41. The molecule has 1 aromatic carbocycles. The van der Waals surface area contributed by atoms with Gasteiger partial charge in [0.1, 0.15) is 5.60 Å². The molecule has 0 saturated carbocycles. The summed E-state index contributed by atoms with van der Waals surface area (Å²) in [4.78, 5) is 13.7. The Bertz CT molecular complexity index is 768. The molecule has 1 saturated heterocycles. The second-order valence-corrected chi connectivity index (χ2v) is 15.4. The van der Waals surface area contributed by atoms with Gasteiger partial charge in [0.05, 0.1) is 5.60 Å². The van der Waals surface area contributed by atoms with Crippen molar-refractivity contribution >= 4 is 14.4 Å². The van der Waals surface area contributed by atoms with E-state index in [1.54, 1.807) is 20.8 Å². The van der Waals surface area contributed by atoms with Gasteiger partial charge in [-0.05, 0) is 69.4 Å². The zero-order valence-electron chi connectivity index (χ0n) is 19.4. The molecule has 0 unspecified atom stereocenters. The van der Waals surface area contributed by atoms with Crippen molar-refractivity contribution in [3.05, 3.63) is 29.3 Å². The minimum absolute atomic E-state index is 0.156. The number of hydrogen-bond donors (Lipinski definition) is 1. The van der Waals surface area contributed by atoms with Crippen LogP contribution in [0.4, 0.5) is 13.6 Å². The molecule has 170 valence electrons. The zero-order chi connectivity index (χ0) is 23.1. The number of hydrogen-bond acceptors (Lipinski definition) is 4. The largest absolute Gasteiger partial charge is 0.540 e. The van der Waals surface area contributed by atoms with E-state index in [0.717, 1.165) is 12.1 Å². The highest BCUT2D eigenvalue weighted by molar-refractivity contribution is 6.74. The zero-order valence-corrected chi connectivity index (χ0v) is 20.4. The van der Waals surface area contributed by atoms with E-state index in [1.165, 1.54) is 4.90 Å². The van der Waals surface area contributed by atoms with Gasteiger partial charge in [-0.2, -0.15) is 0 Å². The third kappa shape index (κ3) is 5.52. The first-order chi connectivity index (χ1) is 13.5. The summed E-state index contributed by atoms with van der Waals surface area (Å²) < 4.78 is 40.8. The summed E-state index contributed by atoms with van der Waals surface area (Å²) >= 11 is 0. The van der Waals surface area contributed by atoms with Crippen molar-refractivity contribution in [2.75, 3.05) is 13.1 Å². The van der Waals surface area contributed by atoms with Crippen LogP contribution < -0.4 is 4.43 Å². The van der Waals surface area contributed by atoms with Crippen LogP contribution in [0.1, 0.15) is 59.9 Å². The Kier molecular flexibility index (Phi) is 6.65. The molecule has 1 heterocycles. The van der Waals surface area contributed by atoms with Crippen molar-refractivity contribution in [2.24, 2.45) is 0 Å². The summed E-state index contributed by atoms with van der Waals surface area (Å²) in [7, 11) is -2.43. The van der Waals surface area contributed by atoms with Gasteiger partial charge in [0.2, 0.25) is 0 Å². The van der Waals surface area contributed by atoms with Crippen molar-refractivity contribution in [2.45, 2.75) is 83.7 Å². The van der Waals surface area contributed by atoms with E-state index in [1.807, 2.05) is 33.9 Å². The normalized spacial score (nSPS) is 17.6. The average Bonchev–Trinajstić information content (AvgIpc) is 2.56. The first-order valence-electron chi connectivity index (χ1n) is 10.3. The summed E-state index contributed by atoms with van der Waals surface area (Å²) in [5, 5.41) is 10.8. The Balaban J connectivity index is 2.18. The van der Waals surface area contributed by atoms with Crippen LogP contribution in [0.5, 0.6) is 5.75 Å². The molecule has 5 nitrogen and oxygen atoms in total. The first kappa shape index (κ1) is 24.6. The van der Waals surface area contributed by atoms with Crippen molar-refractivity contribution < 1.29 is 27.8 Å². The lowest BCUT2D eigenvalue weighted by atomic mass is 9.84. The standard InChI is InChI=1S/C22H35F2NO4Si/c1-20(2,3)28-19(26)25-11-9-22(27,10-12-25)15-13-16(23)18(17(24)14-15)29-30(7,8)21(4,5)6/h13-14,27H,9-12H2,1-8H3. The quantitative estimate of drug-likeness (QED) is 0.621. The molecule has 0 radical (unpaired) electrons. The van der Waals surface area contributed by atoms with Crippen molar-refractivity contribution in [3.8, 4) is 5.75 Å². The van der Waals surface area contributed by atoms with Crippen LogP contribution in [0.3, 0.4) is 0 Å². The third-order valence-electron chi connectivity index (χ3n) is 5.94. The van der Waals surface area contributed by atoms with Gasteiger partial charge in [0.15, 0.2) is 17.4 Å². The van der Waals surface area contributed by atoms with E-state index >= 15 is 0 Å². The SMILES string of the molecule is CC(C)(C)OC(=O)N1CCC(O)(c2cc(F)c(O[Si](C)(C)C(C)(C)C)c(F)c2)CC1. The van der Waals surface area contributed by atoms with Gasteiger partial charge in [-0.1, -0.05) is 20.8 Å². The molecule has 0 aliphatic carbocycles. The van der Waals surface area contributed by atoms with E-state index in [2.05, 4.69) is 0 Å². The molecule has 1 aliphatic heterocycles. The van der Waals surface area contributed by atoms with Crippen molar-refractivity contribution in [1.29, 1.82) is 0 Å². The van der Waals surface area contributed by atoms with Crippen LogP contribution in [-0.4, -0.2) is 43.1 Å². The predicted molar refractivity (Wildman–Crippen MR) is 115 cm³/mol. The summed E-state index contributed by atoms with van der Waals surface area (Å²) in [6.45, 7) is 15.6. The van der Waals surface area contributed by atoms with Crippen LogP contribution in [0, 0.1) is 11.6 Å². The minimum Gasteiger partial charge on any atom is -0.540 e. The number of nitrogens with zero attached hydrogens (tertiary/aromatic N) is 1. The lowest BCUT2D eigenvalue weighted by Gasteiger charge is -2.39. The lowest BCUT2D eigenvalue weighted by Crippen LogP contribution is -2.47. The maximum absolute atomic E-state index is 14.8. The van der Waals surface area contributed by atoms with Gasteiger partial charge in [-0.25, -0.2) is 13.6 Å². The van der Waals surface area contributed by atoms with Crippen LogP contribution in [-0.2, 0) is 10.3 Å². The highest BCUT2D eigenvalue weighted by atomic mass is 28.4. The molecular weight excluding hydrogens is 408 g/mol. The number of aliphatic hydroxyl groups is 1. The van der Waals surface area contributed by atoms with Gasteiger partial charge in [-0.15, -0.1) is 0 Å². The van der Waals surface area contributed by atoms with E-state index in [9.17, 15) is 18.7 Å². The smallest absolute Gasteiger partial charge is 0.410 e. The summed E-state index contributed by atoms with van der Waals surface area (Å²) in [6.07, 6.45) is -0.138. The van der Waals surface area contributed by atoms with Gasteiger partial charge in [-0.3, -0.25) is 0 Å². The fourth-order valence-corrected chi connectivity index (χ4v) is 4.02. The number of rotatable bonds is 3. The Hall–Kier alpha value is -1.67. The first-order valence-corrected chi connectivity index (χ1v) is 13.2. The molecule has 1 N–H and O–H groups in total. The van der Waals surface area contributed by atoms with Gasteiger partial charge in [0.25, 0.3) is 8.32 Å². The second-order valence-electron chi connectivity index (χ2n) is 10.6. The van der Waals surface area contributed by atoms with Gasteiger partial charge < -0.3 is 19.2 Å². The average molecular weight is 444 g/mol. The lowest BCUT2D eigenvalue weighted by molar-refractivity contribution is -0.0359. The number of carbonyl (C=O) groups excluding carboxylic acids is 1. The Morgan fingerprint density at radius 3 is 1.93 bits per heavy atom. The van der Waals surface area contributed by atoms with Gasteiger partial charge >= 0.3 is 6.09 Å². The fraction of sp³-hybridized carbons (Fsp3) is 0.682. The Labute approximate surface area is 179 Å². The molecular formula is C22H35F2NO4Si. The molecule has 1 amide bonds. The van der Waals surface area contributed by atoms with Crippen LogP contribution in [0.25, 0.3) is 0 Å². The fourth-order valence-electron chi connectivity index (χ4n) is 3.01. The maximum atomic E-state index is 14.8. The van der Waals surface area contributed by atoms with E-state index in [0.29, 0.717) is 0 Å². The number of likely N-dealkylation sites (tertiary alicyclic amines) is 1. The molecule has 1 aromatic rings. The molecule has 0 atom stereocenters. The summed E-state index contributed by atoms with van der Waals surface area (Å²) in [5.41, 5.74) is -1.88. The predicted octanol–water partition coefficient (Wildman–Crippen LogP) is 5.57. The van der Waals surface area contributed by atoms with Crippen LogP contribution >= 0.6 is 0 Å². The Morgan fingerprint density at radius 2 is 1.53 bits per heavy atom. The van der Waals surface area contributed by atoms with Crippen molar-refractivity contribution in [1.82, 2.24) is 4.90 Å². The molecule has 1 fully saturated rings. The molecule has 2 rings (SSSR count). The number of carbonyl (C=O) groups is 1. The van der Waals surface area contributed by atoms with E-state index in [-0.39, 0.29) is 42.3 Å². The number of piperidine rings is 1. The summed E-state index contributed by atoms with van der Waals surface area (Å²) in [5.74, 6) is -2.03. The minimum atomic E-state index is -2.43. The van der Waals surface area contributed by atoms with Crippen LogP contribution in [0.2, 0.25) is 18.1 Å². The maximum Gasteiger partial charge on any atom is 0.410 e. The van der Waals surface area contributed by atoms with Crippen LogP contribution in [0.15, 0.2) is 12.1 Å². The molecule has 30 heavy (non-hydrogen) atoms. The number of ether oxygens (including phenoxy) is 1. The van der Waals surface area contributed by atoms with E-state index < -0.39 is 37.2 Å². The number of halogens is 2. The molecule has 1 aliphatic rings. The highest BCUT2D eigenvalue weighted by Crippen LogP contribution is 2.41. The molecule has 0 aromatic heterocycles. The molecule has 0 bridgehead atoms. The second kappa shape index (κ2) is 8.11. The summed E-state index contributed by atoms with van der Waals surface area (Å²) in [6, 6.07) is 2.30. The third-order valence-corrected chi connectivity index (χ3v) is 10.3. The topological polar surface area (TPSA) is 59.0 Å². The molecule has 8 heteroatoms. The van der Waals surface area contributed by atoms with E-state index in [4.69, 9.17) is 9.16 Å². The van der Waals surface area contributed by atoms with Crippen molar-refractivity contribution in [3.63, 3.8) is 0 Å². The molecule has 0 spiro atoms. The number of amides is 1.